The Balaban J connectivity index is 1.33. The molecule has 5 nitrogen and oxygen atoms in total. The van der Waals surface area contributed by atoms with Gasteiger partial charge in [-0.2, -0.15) is 0 Å². The maximum atomic E-state index is 11.8. The van der Waals surface area contributed by atoms with Gasteiger partial charge in [0.05, 0.1) is 12.1 Å². The summed E-state index contributed by atoms with van der Waals surface area (Å²) in [6.45, 7) is 3.50. The van der Waals surface area contributed by atoms with E-state index in [1.807, 2.05) is 36.7 Å². The molecule has 2 heterocycles. The zero-order valence-corrected chi connectivity index (χ0v) is 18.5. The van der Waals surface area contributed by atoms with Crippen molar-refractivity contribution in [2.45, 2.75) is 19.4 Å². The second-order valence-electron chi connectivity index (χ2n) is 8.02. The van der Waals surface area contributed by atoms with Gasteiger partial charge in [0.15, 0.2) is 0 Å². The van der Waals surface area contributed by atoms with Crippen LogP contribution in [0.5, 0.6) is 5.75 Å². The molecule has 0 aliphatic rings. The number of hydrogen-bond acceptors (Lipinski definition) is 4. The van der Waals surface area contributed by atoms with Crippen LogP contribution in [0.4, 0.5) is 0 Å². The Bertz CT molecular complexity index is 1190. The van der Waals surface area contributed by atoms with Crippen molar-refractivity contribution in [2.24, 2.45) is 7.05 Å². The summed E-state index contributed by atoms with van der Waals surface area (Å²) in [5, 5.41) is 1.01. The maximum Gasteiger partial charge on any atom is 0.250 e. The molecule has 0 unspecified atom stereocenters. The predicted molar refractivity (Wildman–Crippen MR) is 129 cm³/mol. The first-order valence-electron chi connectivity index (χ1n) is 11.1. The summed E-state index contributed by atoms with van der Waals surface area (Å²) in [5.41, 5.74) is 3.54. The van der Waals surface area contributed by atoms with Gasteiger partial charge in [-0.1, -0.05) is 30.3 Å². The van der Waals surface area contributed by atoms with Crippen molar-refractivity contribution in [2.75, 3.05) is 19.7 Å². The lowest BCUT2D eigenvalue weighted by molar-refractivity contribution is 0.230. The minimum absolute atomic E-state index is 0.00374. The van der Waals surface area contributed by atoms with Crippen molar-refractivity contribution in [3.63, 3.8) is 0 Å². The highest BCUT2D eigenvalue weighted by Crippen LogP contribution is 2.19. The van der Waals surface area contributed by atoms with E-state index in [4.69, 9.17) is 4.74 Å². The summed E-state index contributed by atoms with van der Waals surface area (Å²) in [5.74, 6) is 0.834. The average molecular weight is 428 g/mol. The van der Waals surface area contributed by atoms with Gasteiger partial charge in [0.25, 0.3) is 5.56 Å². The first kappa shape index (κ1) is 21.8. The summed E-state index contributed by atoms with van der Waals surface area (Å²) in [6.07, 6.45) is 5.66. The lowest BCUT2D eigenvalue weighted by Crippen LogP contribution is -2.28. The second-order valence-corrected chi connectivity index (χ2v) is 8.02. The third kappa shape index (κ3) is 5.83. The number of benzene rings is 2. The van der Waals surface area contributed by atoms with E-state index >= 15 is 0 Å². The molecular formula is C27H29N3O2. The van der Waals surface area contributed by atoms with Crippen LogP contribution in [0.3, 0.4) is 0 Å². The molecule has 164 valence electrons. The van der Waals surface area contributed by atoms with Gasteiger partial charge in [0.2, 0.25) is 0 Å². The van der Waals surface area contributed by atoms with Crippen molar-refractivity contribution in [3.8, 4) is 5.75 Å². The lowest BCUT2D eigenvalue weighted by atomic mass is 10.1. The van der Waals surface area contributed by atoms with Crippen LogP contribution in [0.2, 0.25) is 0 Å². The Hall–Kier alpha value is -3.44. The van der Waals surface area contributed by atoms with Gasteiger partial charge >= 0.3 is 0 Å². The first-order chi connectivity index (χ1) is 15.7. The molecule has 0 aliphatic heterocycles. The summed E-state index contributed by atoms with van der Waals surface area (Å²) >= 11 is 0. The molecule has 2 aromatic heterocycles. The molecule has 0 spiro atoms. The minimum atomic E-state index is -0.00374. The van der Waals surface area contributed by atoms with E-state index in [9.17, 15) is 4.79 Å². The number of rotatable bonds is 10. The summed E-state index contributed by atoms with van der Waals surface area (Å²) in [6, 6.07) is 24.1. The molecule has 0 amide bonds. The van der Waals surface area contributed by atoms with Gasteiger partial charge in [-0.25, -0.2) is 0 Å². The van der Waals surface area contributed by atoms with Crippen LogP contribution >= 0.6 is 0 Å². The topological polar surface area (TPSA) is 47.4 Å². The molecule has 0 N–H and O–H groups in total. The maximum absolute atomic E-state index is 11.8. The molecule has 0 saturated carbocycles. The van der Waals surface area contributed by atoms with Crippen LogP contribution in [-0.2, 0) is 20.0 Å². The standard InChI is InChI=1S/C27H29N3O2/c1-29-26-10-9-25(20-24(26)8-11-27(29)31)32-19-5-17-30(21-23-12-15-28-16-13-23)18-14-22-6-3-2-4-7-22/h2-4,6-13,15-16,20H,5,14,17-19,21H2,1H3. The van der Waals surface area contributed by atoms with E-state index in [-0.39, 0.29) is 5.56 Å². The van der Waals surface area contributed by atoms with Crippen LogP contribution in [-0.4, -0.2) is 34.1 Å². The zero-order chi connectivity index (χ0) is 22.2. The Morgan fingerprint density at radius 2 is 1.72 bits per heavy atom. The van der Waals surface area contributed by atoms with Gasteiger partial charge in [-0.3, -0.25) is 14.7 Å². The van der Waals surface area contributed by atoms with E-state index < -0.39 is 0 Å². The molecule has 0 bridgehead atoms. The highest BCUT2D eigenvalue weighted by Gasteiger charge is 2.08. The van der Waals surface area contributed by atoms with Gasteiger partial charge in [-0.15, -0.1) is 0 Å². The van der Waals surface area contributed by atoms with Crippen molar-refractivity contribution in [1.82, 2.24) is 14.5 Å². The molecule has 0 radical (unpaired) electrons. The lowest BCUT2D eigenvalue weighted by Gasteiger charge is -2.22. The van der Waals surface area contributed by atoms with Crippen LogP contribution in [0.25, 0.3) is 10.9 Å². The summed E-state index contributed by atoms with van der Waals surface area (Å²) in [7, 11) is 1.79. The van der Waals surface area contributed by atoms with E-state index in [1.54, 1.807) is 17.7 Å². The molecule has 0 saturated heterocycles. The average Bonchev–Trinajstić information content (AvgIpc) is 2.84. The molecule has 0 fully saturated rings. The normalized spacial score (nSPS) is 11.2. The SMILES string of the molecule is Cn1c(=O)ccc2cc(OCCCN(CCc3ccccc3)Cc3ccncc3)ccc21. The van der Waals surface area contributed by atoms with E-state index in [2.05, 4.69) is 52.3 Å². The number of hydrogen-bond donors (Lipinski definition) is 0. The largest absolute Gasteiger partial charge is 0.494 e. The Morgan fingerprint density at radius 3 is 2.53 bits per heavy atom. The molecule has 4 rings (SSSR count). The van der Waals surface area contributed by atoms with Crippen molar-refractivity contribution < 1.29 is 4.74 Å². The Labute approximate surface area is 188 Å². The fraction of sp³-hybridized carbons (Fsp3) is 0.259. The molecule has 32 heavy (non-hydrogen) atoms. The van der Waals surface area contributed by atoms with Crippen LogP contribution in [0.15, 0.2) is 90.0 Å². The van der Waals surface area contributed by atoms with E-state index in [0.717, 1.165) is 49.1 Å². The molecule has 2 aromatic carbocycles. The number of nitrogens with zero attached hydrogens (tertiary/aromatic N) is 3. The Morgan fingerprint density at radius 1 is 0.906 bits per heavy atom. The highest BCUT2D eigenvalue weighted by atomic mass is 16.5. The highest BCUT2D eigenvalue weighted by molar-refractivity contribution is 5.80. The second kappa shape index (κ2) is 10.7. The minimum Gasteiger partial charge on any atom is -0.494 e. The predicted octanol–water partition coefficient (Wildman–Crippen LogP) is 4.45. The van der Waals surface area contributed by atoms with Crippen molar-refractivity contribution in [1.29, 1.82) is 0 Å². The van der Waals surface area contributed by atoms with E-state index in [1.165, 1.54) is 11.1 Å². The van der Waals surface area contributed by atoms with Gasteiger partial charge in [0, 0.05) is 50.5 Å². The number of pyridine rings is 2. The number of fused-ring (bicyclic) bond motifs is 1. The quantitative estimate of drug-likeness (QED) is 0.351. The fourth-order valence-electron chi connectivity index (χ4n) is 3.88. The van der Waals surface area contributed by atoms with Crippen LogP contribution < -0.4 is 10.3 Å². The van der Waals surface area contributed by atoms with Gasteiger partial charge in [0.1, 0.15) is 5.75 Å². The number of aromatic nitrogens is 2. The summed E-state index contributed by atoms with van der Waals surface area (Å²) < 4.78 is 7.68. The molecule has 0 atom stereocenters. The zero-order valence-electron chi connectivity index (χ0n) is 18.5. The molecule has 4 aromatic rings. The molecule has 5 heteroatoms. The smallest absolute Gasteiger partial charge is 0.250 e. The third-order valence-corrected chi connectivity index (χ3v) is 5.70. The van der Waals surface area contributed by atoms with Crippen molar-refractivity contribution >= 4 is 10.9 Å². The van der Waals surface area contributed by atoms with Crippen LogP contribution in [0, 0.1) is 0 Å². The molecule has 0 aliphatic carbocycles. The number of aryl methyl sites for hydroxylation is 1. The summed E-state index contributed by atoms with van der Waals surface area (Å²) in [4.78, 5) is 18.4. The van der Waals surface area contributed by atoms with Gasteiger partial charge in [-0.05, 0) is 60.4 Å². The van der Waals surface area contributed by atoms with Crippen molar-refractivity contribution in [3.05, 3.63) is 107 Å². The van der Waals surface area contributed by atoms with E-state index in [0.29, 0.717) is 6.61 Å². The monoisotopic (exact) mass is 427 g/mol. The van der Waals surface area contributed by atoms with Crippen LogP contribution in [0.1, 0.15) is 17.5 Å². The Kier molecular flexibility index (Phi) is 7.31. The molecular weight excluding hydrogens is 398 g/mol. The third-order valence-electron chi connectivity index (χ3n) is 5.70. The van der Waals surface area contributed by atoms with Gasteiger partial charge < -0.3 is 9.30 Å². The fourth-order valence-corrected chi connectivity index (χ4v) is 3.88. The first-order valence-corrected chi connectivity index (χ1v) is 11.1. The number of ether oxygens (including phenoxy) is 1.